The number of pyridine rings is 1. The number of carbonyl (C=O) groups is 1. The minimum absolute atomic E-state index is 0.112. The molecule has 1 unspecified atom stereocenters. The number of nitrogens with one attached hydrogen (secondary N) is 1. The molecule has 0 spiro atoms. The molecule has 126 valence electrons. The Morgan fingerprint density at radius 3 is 3.00 bits per heavy atom. The van der Waals surface area contributed by atoms with E-state index in [4.69, 9.17) is 0 Å². The third kappa shape index (κ3) is 3.96. The van der Waals surface area contributed by atoms with Crippen LogP contribution < -0.4 is 5.32 Å². The normalized spacial score (nSPS) is 17.6. The summed E-state index contributed by atoms with van der Waals surface area (Å²) in [5.41, 5.74) is 1.63. The average molecular weight is 388 g/mol. The average Bonchev–Trinajstić information content (AvgIpc) is 2.61. The zero-order valence-corrected chi connectivity index (χ0v) is 15.4. The van der Waals surface area contributed by atoms with Gasteiger partial charge >= 0.3 is 0 Å². The predicted octanol–water partition coefficient (Wildman–Crippen LogP) is 4.99. The van der Waals surface area contributed by atoms with Crippen LogP contribution in [-0.4, -0.2) is 28.4 Å². The van der Waals surface area contributed by atoms with E-state index in [-0.39, 0.29) is 5.91 Å². The molecule has 24 heavy (non-hydrogen) atoms. The predicted molar refractivity (Wildman–Crippen MR) is 101 cm³/mol. The number of aromatic nitrogens is 1. The molecule has 4 nitrogen and oxygen atoms in total. The number of hydrogen-bond donors (Lipinski definition) is 1. The fourth-order valence-corrected chi connectivity index (χ4v) is 3.60. The van der Waals surface area contributed by atoms with Crippen molar-refractivity contribution in [2.45, 2.75) is 38.6 Å². The van der Waals surface area contributed by atoms with Gasteiger partial charge in [-0.1, -0.05) is 28.9 Å². The number of likely N-dealkylation sites (tertiary alicyclic amines) is 1. The van der Waals surface area contributed by atoms with Gasteiger partial charge in [0.05, 0.1) is 0 Å². The minimum atomic E-state index is 0.112. The van der Waals surface area contributed by atoms with Gasteiger partial charge < -0.3 is 10.2 Å². The van der Waals surface area contributed by atoms with E-state index in [1.54, 1.807) is 12.3 Å². The Morgan fingerprint density at radius 2 is 2.21 bits per heavy atom. The monoisotopic (exact) mass is 387 g/mol. The van der Waals surface area contributed by atoms with E-state index in [0.29, 0.717) is 17.4 Å². The van der Waals surface area contributed by atoms with Crippen molar-refractivity contribution in [3.05, 3.63) is 52.6 Å². The van der Waals surface area contributed by atoms with Crippen LogP contribution in [-0.2, 0) is 0 Å². The van der Waals surface area contributed by atoms with Crippen LogP contribution in [0.1, 0.15) is 43.0 Å². The first-order chi connectivity index (χ1) is 11.7. The van der Waals surface area contributed by atoms with Gasteiger partial charge in [0.1, 0.15) is 5.82 Å². The first-order valence-electron chi connectivity index (χ1n) is 8.47. The molecule has 0 aliphatic carbocycles. The second-order valence-corrected chi connectivity index (χ2v) is 7.04. The van der Waals surface area contributed by atoms with Crippen molar-refractivity contribution >= 4 is 33.3 Å². The van der Waals surface area contributed by atoms with E-state index in [9.17, 15) is 4.79 Å². The number of rotatable bonds is 4. The fraction of sp³-hybridized carbons (Fsp3) is 0.368. The van der Waals surface area contributed by atoms with Gasteiger partial charge in [-0.05, 0) is 56.0 Å². The molecule has 3 rings (SSSR count). The van der Waals surface area contributed by atoms with E-state index < -0.39 is 0 Å². The van der Waals surface area contributed by atoms with Gasteiger partial charge in [-0.25, -0.2) is 4.98 Å². The van der Waals surface area contributed by atoms with Crippen LogP contribution >= 0.6 is 15.9 Å². The lowest BCUT2D eigenvalue weighted by Crippen LogP contribution is -2.43. The molecule has 1 aliphatic heterocycles. The van der Waals surface area contributed by atoms with Crippen LogP contribution in [0.15, 0.2) is 47.1 Å². The van der Waals surface area contributed by atoms with Crippen LogP contribution in [0.3, 0.4) is 0 Å². The van der Waals surface area contributed by atoms with Crippen molar-refractivity contribution in [1.29, 1.82) is 0 Å². The Hall–Kier alpha value is -1.88. The largest absolute Gasteiger partial charge is 0.340 e. The number of hydrogen-bond acceptors (Lipinski definition) is 3. The third-order valence-electron chi connectivity index (χ3n) is 4.46. The molecule has 1 amide bonds. The fourth-order valence-electron chi connectivity index (χ4n) is 3.20. The summed E-state index contributed by atoms with van der Waals surface area (Å²) >= 11 is 3.46. The summed E-state index contributed by atoms with van der Waals surface area (Å²) in [7, 11) is 0. The summed E-state index contributed by atoms with van der Waals surface area (Å²) in [5.74, 6) is 0.797. The Morgan fingerprint density at radius 1 is 1.33 bits per heavy atom. The van der Waals surface area contributed by atoms with E-state index in [1.165, 1.54) is 6.42 Å². The van der Waals surface area contributed by atoms with Crippen molar-refractivity contribution in [3.8, 4) is 0 Å². The molecule has 1 N–H and O–H groups in total. The second-order valence-electron chi connectivity index (χ2n) is 6.12. The van der Waals surface area contributed by atoms with Crippen molar-refractivity contribution in [2.24, 2.45) is 0 Å². The van der Waals surface area contributed by atoms with E-state index in [1.807, 2.05) is 35.2 Å². The lowest BCUT2D eigenvalue weighted by atomic mass is 9.99. The lowest BCUT2D eigenvalue weighted by molar-refractivity contribution is 0.0608. The van der Waals surface area contributed by atoms with E-state index in [0.717, 1.165) is 36.0 Å². The summed E-state index contributed by atoms with van der Waals surface area (Å²) in [4.78, 5) is 19.3. The lowest BCUT2D eigenvalue weighted by Gasteiger charge is -2.35. The maximum Gasteiger partial charge on any atom is 0.254 e. The summed E-state index contributed by atoms with van der Waals surface area (Å²) in [5, 5.41) is 3.26. The number of halogens is 1. The van der Waals surface area contributed by atoms with Gasteiger partial charge in [-0.15, -0.1) is 0 Å². The molecular formula is C19H22BrN3O. The standard InChI is InChI=1S/C19H22BrN3O/c1-2-17-8-3-4-11-23(17)19(24)14-9-10-21-18(12-14)22-16-7-5-6-15(20)13-16/h5-7,9-10,12-13,17H,2-4,8,11H2,1H3,(H,21,22). The molecule has 1 aliphatic rings. The van der Waals surface area contributed by atoms with Crippen LogP contribution in [0, 0.1) is 0 Å². The number of amides is 1. The van der Waals surface area contributed by atoms with Crippen molar-refractivity contribution in [3.63, 3.8) is 0 Å². The smallest absolute Gasteiger partial charge is 0.254 e. The Kier molecular flexibility index (Phi) is 5.51. The number of nitrogens with zero attached hydrogens (tertiary/aromatic N) is 2. The summed E-state index contributed by atoms with van der Waals surface area (Å²) in [6, 6.07) is 11.9. The number of anilines is 2. The number of piperidine rings is 1. The number of carbonyl (C=O) groups excluding carboxylic acids is 1. The molecule has 0 saturated carbocycles. The van der Waals surface area contributed by atoms with Crippen molar-refractivity contribution in [2.75, 3.05) is 11.9 Å². The van der Waals surface area contributed by atoms with Crippen molar-refractivity contribution in [1.82, 2.24) is 9.88 Å². The summed E-state index contributed by atoms with van der Waals surface area (Å²) < 4.78 is 0.999. The van der Waals surface area contributed by atoms with E-state index >= 15 is 0 Å². The van der Waals surface area contributed by atoms with Crippen LogP contribution in [0.4, 0.5) is 11.5 Å². The van der Waals surface area contributed by atoms with Gasteiger partial charge in [0.15, 0.2) is 0 Å². The van der Waals surface area contributed by atoms with Gasteiger partial charge in [0.2, 0.25) is 0 Å². The third-order valence-corrected chi connectivity index (χ3v) is 4.96. The summed E-state index contributed by atoms with van der Waals surface area (Å²) in [6.07, 6.45) is 6.12. The molecule has 2 aromatic rings. The first-order valence-corrected chi connectivity index (χ1v) is 9.26. The van der Waals surface area contributed by atoms with E-state index in [2.05, 4.69) is 33.2 Å². The SMILES string of the molecule is CCC1CCCCN1C(=O)c1ccnc(Nc2cccc(Br)c2)c1. The zero-order chi connectivity index (χ0) is 16.9. The van der Waals surface area contributed by atoms with Crippen LogP contribution in [0.2, 0.25) is 0 Å². The second kappa shape index (κ2) is 7.79. The highest BCUT2D eigenvalue weighted by atomic mass is 79.9. The number of benzene rings is 1. The van der Waals surface area contributed by atoms with Gasteiger partial charge in [-0.2, -0.15) is 0 Å². The molecule has 2 heterocycles. The molecule has 1 aromatic carbocycles. The highest BCUT2D eigenvalue weighted by Gasteiger charge is 2.26. The Bertz CT molecular complexity index is 719. The highest BCUT2D eigenvalue weighted by molar-refractivity contribution is 9.10. The van der Waals surface area contributed by atoms with Crippen LogP contribution in [0.5, 0.6) is 0 Å². The minimum Gasteiger partial charge on any atom is -0.340 e. The Balaban J connectivity index is 1.78. The maximum atomic E-state index is 12.9. The first kappa shape index (κ1) is 17.0. The molecule has 1 aromatic heterocycles. The molecule has 1 saturated heterocycles. The van der Waals surface area contributed by atoms with Crippen molar-refractivity contribution < 1.29 is 4.79 Å². The maximum absolute atomic E-state index is 12.9. The van der Waals surface area contributed by atoms with Gasteiger partial charge in [0.25, 0.3) is 5.91 Å². The molecular weight excluding hydrogens is 366 g/mol. The molecule has 1 fully saturated rings. The van der Waals surface area contributed by atoms with Crippen LogP contribution in [0.25, 0.3) is 0 Å². The summed E-state index contributed by atoms with van der Waals surface area (Å²) in [6.45, 7) is 3.01. The quantitative estimate of drug-likeness (QED) is 0.803. The molecule has 0 radical (unpaired) electrons. The molecule has 5 heteroatoms. The Labute approximate surface area is 151 Å². The molecule has 1 atom stereocenters. The highest BCUT2D eigenvalue weighted by Crippen LogP contribution is 2.23. The topological polar surface area (TPSA) is 45.2 Å². The molecule has 0 bridgehead atoms. The van der Waals surface area contributed by atoms with Gasteiger partial charge in [-0.3, -0.25) is 4.79 Å². The zero-order valence-electron chi connectivity index (χ0n) is 13.8. The van der Waals surface area contributed by atoms with Gasteiger partial charge in [0, 0.05) is 34.5 Å².